The van der Waals surface area contributed by atoms with Gasteiger partial charge in [0.05, 0.1) is 6.61 Å². The highest BCUT2D eigenvalue weighted by molar-refractivity contribution is 7.09. The Morgan fingerprint density at radius 2 is 2.17 bits per heavy atom. The fourth-order valence-electron chi connectivity index (χ4n) is 2.88. The Labute approximate surface area is 141 Å². The minimum absolute atomic E-state index is 0.467. The highest BCUT2D eigenvalue weighted by atomic mass is 32.1. The molecule has 2 heterocycles. The van der Waals surface area contributed by atoms with Gasteiger partial charge in [-0.15, -0.1) is 0 Å². The molecule has 1 unspecified atom stereocenters. The summed E-state index contributed by atoms with van der Waals surface area (Å²) in [4.78, 5) is 7.03. The molecular formula is C17H24N4OS. The number of nitrogens with one attached hydrogen (secondary N) is 1. The van der Waals surface area contributed by atoms with Crippen LogP contribution in [0.15, 0.2) is 24.3 Å². The van der Waals surface area contributed by atoms with Gasteiger partial charge >= 0.3 is 0 Å². The first-order valence-electron chi connectivity index (χ1n) is 8.12. The summed E-state index contributed by atoms with van der Waals surface area (Å²) in [5.41, 5.74) is 2.96. The van der Waals surface area contributed by atoms with Crippen LogP contribution in [0.1, 0.15) is 23.9 Å². The Morgan fingerprint density at radius 1 is 1.35 bits per heavy atom. The lowest BCUT2D eigenvalue weighted by atomic mass is 9.99. The zero-order chi connectivity index (χ0) is 16.1. The average Bonchev–Trinajstić information content (AvgIpc) is 3.05. The maximum absolute atomic E-state index is 5.06. The van der Waals surface area contributed by atoms with Crippen molar-refractivity contribution in [1.82, 2.24) is 14.3 Å². The minimum Gasteiger partial charge on any atom is -0.384 e. The molecule has 0 fully saturated rings. The number of methoxy groups -OCH3 is 1. The largest absolute Gasteiger partial charge is 0.384 e. The number of nitrogens with zero attached hydrogens (tertiary/aromatic N) is 3. The number of rotatable bonds is 7. The number of fused-ring (bicyclic) bond motifs is 1. The highest BCUT2D eigenvalue weighted by Gasteiger charge is 2.20. The minimum atomic E-state index is 0.467. The lowest BCUT2D eigenvalue weighted by molar-refractivity contribution is 0.198. The van der Waals surface area contributed by atoms with Crippen LogP contribution in [0.4, 0.5) is 5.13 Å². The number of hydrogen-bond acceptors (Lipinski definition) is 6. The number of ether oxygens (including phenoxy) is 1. The quantitative estimate of drug-likeness (QED) is 0.844. The van der Waals surface area contributed by atoms with Gasteiger partial charge in [-0.2, -0.15) is 4.37 Å². The van der Waals surface area contributed by atoms with Gasteiger partial charge in [0.15, 0.2) is 0 Å². The van der Waals surface area contributed by atoms with Crippen LogP contribution >= 0.6 is 11.5 Å². The van der Waals surface area contributed by atoms with E-state index in [9.17, 15) is 0 Å². The predicted octanol–water partition coefficient (Wildman–Crippen LogP) is 2.59. The molecule has 6 heteroatoms. The number of anilines is 1. The van der Waals surface area contributed by atoms with Crippen LogP contribution in [0, 0.1) is 0 Å². The predicted molar refractivity (Wildman–Crippen MR) is 94.0 cm³/mol. The standard InChI is InChI=1S/C17H24N4OS/c1-13(11-18-17-19-16(20-23-17)8-10-22-2)21-9-7-14-5-3-4-6-15(14)12-21/h3-6,13H,7-12H2,1-2H3,(H,18,19,20). The highest BCUT2D eigenvalue weighted by Crippen LogP contribution is 2.20. The molecular weight excluding hydrogens is 308 g/mol. The van der Waals surface area contributed by atoms with E-state index in [2.05, 4.69) is 50.8 Å². The summed E-state index contributed by atoms with van der Waals surface area (Å²) in [5, 5.41) is 4.33. The Morgan fingerprint density at radius 3 is 3.00 bits per heavy atom. The van der Waals surface area contributed by atoms with Gasteiger partial charge < -0.3 is 10.1 Å². The summed E-state index contributed by atoms with van der Waals surface area (Å²) in [6, 6.07) is 9.23. The topological polar surface area (TPSA) is 50.3 Å². The summed E-state index contributed by atoms with van der Waals surface area (Å²) >= 11 is 1.43. The van der Waals surface area contributed by atoms with Gasteiger partial charge in [-0.1, -0.05) is 24.3 Å². The summed E-state index contributed by atoms with van der Waals surface area (Å²) in [6.07, 6.45) is 1.91. The van der Waals surface area contributed by atoms with Crippen molar-refractivity contribution < 1.29 is 4.74 Å². The molecule has 0 saturated heterocycles. The molecule has 1 aliphatic rings. The third-order valence-electron chi connectivity index (χ3n) is 4.33. The molecule has 1 N–H and O–H groups in total. The van der Waals surface area contributed by atoms with Gasteiger partial charge in [-0.25, -0.2) is 4.98 Å². The second-order valence-corrected chi connectivity index (χ2v) is 6.73. The molecule has 23 heavy (non-hydrogen) atoms. The molecule has 124 valence electrons. The van der Waals surface area contributed by atoms with Crippen LogP contribution in [0.2, 0.25) is 0 Å². The molecule has 0 radical (unpaired) electrons. The third-order valence-corrected chi connectivity index (χ3v) is 5.04. The fraction of sp³-hybridized carbons (Fsp3) is 0.529. The summed E-state index contributed by atoms with van der Waals surface area (Å²) in [5.74, 6) is 0.860. The first-order valence-corrected chi connectivity index (χ1v) is 8.90. The van der Waals surface area contributed by atoms with Gasteiger partial charge in [0.2, 0.25) is 5.13 Å². The first-order chi connectivity index (χ1) is 11.3. The Kier molecular flexibility index (Phi) is 5.59. The van der Waals surface area contributed by atoms with E-state index in [1.807, 2.05) is 0 Å². The van der Waals surface area contributed by atoms with Crippen molar-refractivity contribution in [3.8, 4) is 0 Å². The lowest BCUT2D eigenvalue weighted by Gasteiger charge is -2.33. The number of benzene rings is 1. The maximum Gasteiger partial charge on any atom is 0.202 e. The average molecular weight is 332 g/mol. The SMILES string of the molecule is COCCc1nsc(NCC(C)N2CCc3ccccc3C2)n1. The van der Waals surface area contributed by atoms with E-state index < -0.39 is 0 Å². The van der Waals surface area contributed by atoms with Crippen molar-refractivity contribution in [2.45, 2.75) is 32.4 Å². The second-order valence-electron chi connectivity index (χ2n) is 5.98. The van der Waals surface area contributed by atoms with Crippen molar-refractivity contribution >= 4 is 16.7 Å². The monoisotopic (exact) mass is 332 g/mol. The van der Waals surface area contributed by atoms with Gasteiger partial charge in [0, 0.05) is 50.7 Å². The Bertz CT molecular complexity index is 631. The van der Waals surface area contributed by atoms with Gasteiger partial charge in [-0.3, -0.25) is 4.90 Å². The molecule has 0 spiro atoms. The fourth-order valence-corrected chi connectivity index (χ4v) is 3.50. The van der Waals surface area contributed by atoms with Crippen LogP contribution in [-0.2, 0) is 24.1 Å². The molecule has 0 bridgehead atoms. The first kappa shape index (κ1) is 16.4. The van der Waals surface area contributed by atoms with Crippen molar-refractivity contribution in [2.24, 2.45) is 0 Å². The lowest BCUT2D eigenvalue weighted by Crippen LogP contribution is -2.41. The van der Waals surface area contributed by atoms with Crippen LogP contribution < -0.4 is 5.32 Å². The summed E-state index contributed by atoms with van der Waals surface area (Å²) in [7, 11) is 1.70. The molecule has 1 aliphatic heterocycles. The molecule has 2 aromatic rings. The normalized spacial score (nSPS) is 16.1. The zero-order valence-corrected chi connectivity index (χ0v) is 14.6. The van der Waals surface area contributed by atoms with Gasteiger partial charge in [0.25, 0.3) is 0 Å². The van der Waals surface area contributed by atoms with E-state index in [1.165, 1.54) is 22.7 Å². The van der Waals surface area contributed by atoms with E-state index in [0.717, 1.165) is 43.4 Å². The third kappa shape index (κ3) is 4.28. The Hall–Kier alpha value is -1.50. The van der Waals surface area contributed by atoms with E-state index >= 15 is 0 Å². The molecule has 0 aliphatic carbocycles. The smallest absolute Gasteiger partial charge is 0.202 e. The van der Waals surface area contributed by atoms with Gasteiger partial charge in [-0.05, 0) is 24.5 Å². The number of aromatic nitrogens is 2. The van der Waals surface area contributed by atoms with E-state index in [0.29, 0.717) is 12.6 Å². The molecule has 5 nitrogen and oxygen atoms in total. The van der Waals surface area contributed by atoms with E-state index in [1.54, 1.807) is 7.11 Å². The zero-order valence-electron chi connectivity index (χ0n) is 13.8. The van der Waals surface area contributed by atoms with E-state index in [4.69, 9.17) is 4.74 Å². The van der Waals surface area contributed by atoms with Crippen molar-refractivity contribution in [1.29, 1.82) is 0 Å². The number of hydrogen-bond donors (Lipinski definition) is 1. The summed E-state index contributed by atoms with van der Waals surface area (Å²) < 4.78 is 9.41. The van der Waals surface area contributed by atoms with Crippen molar-refractivity contribution in [3.63, 3.8) is 0 Å². The Balaban J connectivity index is 1.50. The molecule has 0 saturated carbocycles. The molecule has 0 amide bonds. The summed E-state index contributed by atoms with van der Waals surface area (Å²) in [6.45, 7) is 5.98. The van der Waals surface area contributed by atoms with Crippen molar-refractivity contribution in [2.75, 3.05) is 32.1 Å². The second kappa shape index (κ2) is 7.86. The molecule has 1 atom stereocenters. The molecule has 1 aromatic heterocycles. The van der Waals surface area contributed by atoms with Crippen LogP contribution in [0.25, 0.3) is 0 Å². The van der Waals surface area contributed by atoms with Crippen LogP contribution in [0.5, 0.6) is 0 Å². The van der Waals surface area contributed by atoms with Crippen LogP contribution in [0.3, 0.4) is 0 Å². The molecule has 3 rings (SSSR count). The van der Waals surface area contributed by atoms with Crippen LogP contribution in [-0.4, -0.2) is 47.1 Å². The van der Waals surface area contributed by atoms with E-state index in [-0.39, 0.29) is 0 Å². The van der Waals surface area contributed by atoms with Gasteiger partial charge in [0.1, 0.15) is 5.82 Å². The molecule has 1 aromatic carbocycles. The van der Waals surface area contributed by atoms with Crippen molar-refractivity contribution in [3.05, 3.63) is 41.2 Å². The maximum atomic E-state index is 5.06.